The number of ether oxygens (including phenoxy) is 3. The molecular weight excluding hydrogens is 576 g/mol. The number of pyridine rings is 1. The lowest BCUT2D eigenvalue weighted by Crippen LogP contribution is -2.51. The minimum absolute atomic E-state index is 0.0466. The van der Waals surface area contributed by atoms with Gasteiger partial charge in [0.15, 0.2) is 0 Å². The number of rotatable bonds is 9. The number of benzene rings is 1. The lowest BCUT2D eigenvalue weighted by Gasteiger charge is -2.42. The molecule has 11 nitrogen and oxygen atoms in total. The second-order valence-corrected chi connectivity index (χ2v) is 12.0. The highest BCUT2D eigenvalue weighted by Gasteiger charge is 2.37. The number of hydrogen-bond donors (Lipinski definition) is 3. The fraction of sp³-hybridized carbons (Fsp3) is 0.618. The Morgan fingerprint density at radius 1 is 1.11 bits per heavy atom. The van der Waals surface area contributed by atoms with Crippen LogP contribution in [0, 0.1) is 11.8 Å². The summed E-state index contributed by atoms with van der Waals surface area (Å²) in [6.07, 6.45) is 0.536. The zero-order valence-electron chi connectivity index (χ0n) is 27.4. The fourth-order valence-corrected chi connectivity index (χ4v) is 5.80. The highest BCUT2D eigenvalue weighted by molar-refractivity contribution is 5.79. The molecule has 45 heavy (non-hydrogen) atoms. The maximum Gasteiger partial charge on any atom is 0.237 e. The number of nitrogens with zero attached hydrogens (tertiary/aromatic N) is 3. The molecule has 1 aliphatic rings. The van der Waals surface area contributed by atoms with E-state index in [1.165, 1.54) is 14.0 Å². The molecule has 0 bridgehead atoms. The van der Waals surface area contributed by atoms with E-state index >= 15 is 0 Å². The number of carbonyl (C=O) groups is 2. The molecule has 250 valence electrons. The van der Waals surface area contributed by atoms with Gasteiger partial charge in [-0.3, -0.25) is 14.6 Å². The van der Waals surface area contributed by atoms with Gasteiger partial charge < -0.3 is 39.5 Å². The molecule has 0 unspecified atom stereocenters. The number of aromatic nitrogens is 1. The maximum atomic E-state index is 14.1. The molecular formula is C34H52N4O7. The van der Waals surface area contributed by atoms with Crippen LogP contribution in [0.4, 0.5) is 0 Å². The molecule has 0 saturated carbocycles. The SMILES string of the molecule is COc1cccc([C@@H]2[C@@H](C(C)C)CN(C(C)=O)C[C@H](OC)[C@@H](O)[C@@H](O)COCCCCN2C(=O)CNCCc2ccccn2)c1. The molecule has 11 heteroatoms. The van der Waals surface area contributed by atoms with Crippen LogP contribution < -0.4 is 10.1 Å². The Hall–Kier alpha value is -3.09. The topological polar surface area (TPSA) is 134 Å². The third-order valence-electron chi connectivity index (χ3n) is 8.49. The first kappa shape index (κ1) is 36.4. The van der Waals surface area contributed by atoms with Gasteiger partial charge in [0.05, 0.1) is 26.3 Å². The van der Waals surface area contributed by atoms with Crippen LogP contribution in [0.25, 0.3) is 0 Å². The molecule has 5 atom stereocenters. The standard InChI is InChI=1S/C34H52N4O7/c1-24(2)29-21-37(25(3)39)22-31(44-5)34(42)30(40)23-45-18-9-8-17-38(33(29)26-11-10-13-28(19-26)43-4)32(41)20-35-16-14-27-12-6-7-15-36-27/h6-7,10-13,15,19,24,29-31,33-35,40,42H,8-9,14,16-18,20-23H2,1-5H3/t29-,30+,31+,33-,34+/m1/s1. The van der Waals surface area contributed by atoms with Gasteiger partial charge in [-0.15, -0.1) is 0 Å². The Balaban J connectivity index is 2.00. The van der Waals surface area contributed by atoms with Crippen LogP contribution in [0.2, 0.25) is 0 Å². The third-order valence-corrected chi connectivity index (χ3v) is 8.49. The minimum Gasteiger partial charge on any atom is -0.497 e. The number of carbonyl (C=O) groups excluding carboxylic acids is 2. The van der Waals surface area contributed by atoms with Crippen LogP contribution in [-0.4, -0.2) is 115 Å². The van der Waals surface area contributed by atoms with E-state index in [1.807, 2.05) is 47.4 Å². The molecule has 0 spiro atoms. The molecule has 1 aromatic heterocycles. The largest absolute Gasteiger partial charge is 0.497 e. The predicted molar refractivity (Wildman–Crippen MR) is 172 cm³/mol. The molecule has 2 aromatic rings. The summed E-state index contributed by atoms with van der Waals surface area (Å²) in [7, 11) is 3.07. The van der Waals surface area contributed by atoms with Crippen molar-refractivity contribution in [3.05, 3.63) is 59.9 Å². The monoisotopic (exact) mass is 628 g/mol. The summed E-state index contributed by atoms with van der Waals surface area (Å²) >= 11 is 0. The number of aliphatic hydroxyl groups excluding tert-OH is 2. The first-order valence-corrected chi connectivity index (χ1v) is 15.9. The van der Waals surface area contributed by atoms with Gasteiger partial charge in [0.2, 0.25) is 11.8 Å². The van der Waals surface area contributed by atoms with Crippen LogP contribution in [0.15, 0.2) is 48.7 Å². The Morgan fingerprint density at radius 3 is 2.58 bits per heavy atom. The van der Waals surface area contributed by atoms with E-state index in [2.05, 4.69) is 24.1 Å². The lowest BCUT2D eigenvalue weighted by molar-refractivity contribution is -0.139. The first-order valence-electron chi connectivity index (χ1n) is 15.9. The van der Waals surface area contributed by atoms with Crippen molar-refractivity contribution in [2.75, 3.05) is 60.2 Å². The number of aliphatic hydroxyl groups is 2. The van der Waals surface area contributed by atoms with Gasteiger partial charge >= 0.3 is 0 Å². The molecule has 1 aliphatic heterocycles. The van der Waals surface area contributed by atoms with E-state index in [0.717, 1.165) is 11.3 Å². The molecule has 3 N–H and O–H groups in total. The van der Waals surface area contributed by atoms with E-state index in [1.54, 1.807) is 18.2 Å². The average Bonchev–Trinajstić information content (AvgIpc) is 3.04. The summed E-state index contributed by atoms with van der Waals surface area (Å²) in [6.45, 7) is 7.58. The van der Waals surface area contributed by atoms with Crippen LogP contribution >= 0.6 is 0 Å². The zero-order valence-corrected chi connectivity index (χ0v) is 27.4. The van der Waals surface area contributed by atoms with Crippen LogP contribution in [-0.2, 0) is 25.5 Å². The highest BCUT2D eigenvalue weighted by Crippen LogP contribution is 2.36. The average molecular weight is 629 g/mol. The molecule has 0 aliphatic carbocycles. The normalized spacial score (nSPS) is 24.1. The number of nitrogens with one attached hydrogen (secondary N) is 1. The van der Waals surface area contributed by atoms with Crippen molar-refractivity contribution in [1.82, 2.24) is 20.1 Å². The van der Waals surface area contributed by atoms with Crippen LogP contribution in [0.3, 0.4) is 0 Å². The molecule has 1 fully saturated rings. The molecule has 1 aromatic carbocycles. The van der Waals surface area contributed by atoms with Crippen LogP contribution in [0.1, 0.15) is 50.9 Å². The summed E-state index contributed by atoms with van der Waals surface area (Å²) in [5, 5.41) is 24.8. The second kappa shape index (κ2) is 18.8. The molecule has 2 heterocycles. The van der Waals surface area contributed by atoms with Crippen molar-refractivity contribution in [2.45, 2.75) is 64.4 Å². The summed E-state index contributed by atoms with van der Waals surface area (Å²) < 4.78 is 16.8. The van der Waals surface area contributed by atoms with E-state index in [0.29, 0.717) is 51.3 Å². The van der Waals surface area contributed by atoms with Gasteiger partial charge in [-0.05, 0) is 48.6 Å². The van der Waals surface area contributed by atoms with E-state index < -0.39 is 18.3 Å². The zero-order chi connectivity index (χ0) is 32.8. The van der Waals surface area contributed by atoms with Gasteiger partial charge in [-0.25, -0.2) is 0 Å². The Bertz CT molecular complexity index is 1170. The van der Waals surface area contributed by atoms with Crippen molar-refractivity contribution in [1.29, 1.82) is 0 Å². The minimum atomic E-state index is -1.25. The van der Waals surface area contributed by atoms with Gasteiger partial charge in [0.25, 0.3) is 0 Å². The van der Waals surface area contributed by atoms with E-state index in [9.17, 15) is 19.8 Å². The summed E-state index contributed by atoms with van der Waals surface area (Å²) in [4.78, 5) is 35.1. The summed E-state index contributed by atoms with van der Waals surface area (Å²) in [5.74, 6) is 0.323. The quantitative estimate of drug-likeness (QED) is 0.358. The van der Waals surface area contributed by atoms with Crippen molar-refractivity contribution in [3.8, 4) is 5.75 Å². The van der Waals surface area contributed by atoms with Gasteiger partial charge in [0.1, 0.15) is 24.1 Å². The van der Waals surface area contributed by atoms with E-state index in [-0.39, 0.29) is 49.4 Å². The van der Waals surface area contributed by atoms with E-state index in [4.69, 9.17) is 14.2 Å². The second-order valence-electron chi connectivity index (χ2n) is 12.0. The summed E-state index contributed by atoms with van der Waals surface area (Å²) in [5.41, 5.74) is 1.87. The maximum absolute atomic E-state index is 14.1. The molecule has 0 radical (unpaired) electrons. The predicted octanol–water partition coefficient (Wildman–Crippen LogP) is 2.46. The first-order chi connectivity index (χ1) is 21.7. The number of amides is 2. The Kier molecular flexibility index (Phi) is 15.2. The fourth-order valence-electron chi connectivity index (χ4n) is 5.80. The van der Waals surface area contributed by atoms with Crippen LogP contribution in [0.5, 0.6) is 5.75 Å². The lowest BCUT2D eigenvalue weighted by atomic mass is 9.82. The van der Waals surface area contributed by atoms with Gasteiger partial charge in [-0.1, -0.05) is 32.0 Å². The number of methoxy groups -OCH3 is 2. The Labute approximate surface area is 267 Å². The van der Waals surface area contributed by atoms with Crippen molar-refractivity contribution in [3.63, 3.8) is 0 Å². The van der Waals surface area contributed by atoms with Crippen molar-refractivity contribution < 1.29 is 34.0 Å². The summed E-state index contributed by atoms with van der Waals surface area (Å²) in [6, 6.07) is 13.2. The molecule has 1 saturated heterocycles. The molecule has 3 rings (SSSR count). The van der Waals surface area contributed by atoms with Crippen molar-refractivity contribution in [2.24, 2.45) is 11.8 Å². The third kappa shape index (κ3) is 11.0. The smallest absolute Gasteiger partial charge is 0.237 e. The van der Waals surface area contributed by atoms with Gasteiger partial charge in [0, 0.05) is 71.0 Å². The Morgan fingerprint density at radius 2 is 1.91 bits per heavy atom. The molecule has 2 amide bonds. The van der Waals surface area contributed by atoms with Crippen molar-refractivity contribution >= 4 is 11.8 Å². The number of hydrogen-bond acceptors (Lipinski definition) is 9. The highest BCUT2D eigenvalue weighted by atomic mass is 16.5. The van der Waals surface area contributed by atoms with Gasteiger partial charge in [-0.2, -0.15) is 0 Å².